The average molecular weight is 601 g/mol. The highest BCUT2D eigenvalue weighted by molar-refractivity contribution is 9.10. The number of rotatable bonds is 5. The molecule has 4 rings (SSSR count). The van der Waals surface area contributed by atoms with Crippen molar-refractivity contribution in [3.05, 3.63) is 91.9 Å². The van der Waals surface area contributed by atoms with Crippen LogP contribution in [0.5, 0.6) is 11.5 Å². The SMILES string of the molecule is COc1cc(Br)c(C#N)cc1-n1c(=O)ccc2cc(S(=O)(=O)Oc3c(F)c(F)c(F)c(F)c3F)ccc21. The van der Waals surface area contributed by atoms with Gasteiger partial charge in [0.25, 0.3) is 5.56 Å². The summed E-state index contributed by atoms with van der Waals surface area (Å²) in [6.07, 6.45) is 0. The number of pyridine rings is 1. The molecule has 190 valence electrons. The van der Waals surface area contributed by atoms with Crippen LogP contribution in [-0.4, -0.2) is 20.1 Å². The zero-order valence-electron chi connectivity index (χ0n) is 18.2. The van der Waals surface area contributed by atoms with Crippen molar-refractivity contribution in [3.63, 3.8) is 0 Å². The first-order chi connectivity index (χ1) is 17.4. The van der Waals surface area contributed by atoms with Crippen LogP contribution in [0.1, 0.15) is 5.56 Å². The fraction of sp³-hybridized carbons (Fsp3) is 0.0435. The van der Waals surface area contributed by atoms with Crippen molar-refractivity contribution in [2.45, 2.75) is 4.90 Å². The number of halogens is 6. The van der Waals surface area contributed by atoms with Crippen molar-refractivity contribution in [3.8, 4) is 23.3 Å². The summed E-state index contributed by atoms with van der Waals surface area (Å²) in [5.74, 6) is -14.0. The Balaban J connectivity index is 1.88. The molecule has 0 saturated carbocycles. The first-order valence-corrected chi connectivity index (χ1v) is 12.0. The van der Waals surface area contributed by atoms with Crippen LogP contribution in [0.3, 0.4) is 0 Å². The van der Waals surface area contributed by atoms with Crippen molar-refractivity contribution in [2.24, 2.45) is 0 Å². The lowest BCUT2D eigenvalue weighted by molar-refractivity contribution is 0.346. The van der Waals surface area contributed by atoms with E-state index in [1.807, 2.05) is 6.07 Å². The van der Waals surface area contributed by atoms with E-state index in [4.69, 9.17) is 4.74 Å². The topological polar surface area (TPSA) is 98.4 Å². The monoisotopic (exact) mass is 600 g/mol. The Labute approximate surface area is 213 Å². The lowest BCUT2D eigenvalue weighted by Crippen LogP contribution is -2.19. The number of ether oxygens (including phenoxy) is 1. The van der Waals surface area contributed by atoms with Crippen molar-refractivity contribution in [1.82, 2.24) is 4.57 Å². The lowest BCUT2D eigenvalue weighted by Gasteiger charge is -2.16. The summed E-state index contributed by atoms with van der Waals surface area (Å²) in [5, 5.41) is 9.46. The van der Waals surface area contributed by atoms with E-state index < -0.39 is 55.4 Å². The molecule has 1 aromatic heterocycles. The molecule has 0 unspecified atom stereocenters. The van der Waals surface area contributed by atoms with Gasteiger partial charge in [0.05, 0.1) is 23.9 Å². The van der Waals surface area contributed by atoms with Crippen molar-refractivity contribution in [1.29, 1.82) is 5.26 Å². The molecule has 0 aliphatic heterocycles. The summed E-state index contributed by atoms with van der Waals surface area (Å²) in [5.41, 5.74) is -0.140. The van der Waals surface area contributed by atoms with Gasteiger partial charge in [-0.05, 0) is 52.3 Å². The molecule has 0 fully saturated rings. The predicted octanol–water partition coefficient (Wildman–Crippen LogP) is 5.10. The van der Waals surface area contributed by atoms with Gasteiger partial charge in [-0.15, -0.1) is 0 Å². The molecule has 0 amide bonds. The lowest BCUT2D eigenvalue weighted by atomic mass is 10.1. The zero-order chi connectivity index (χ0) is 27.2. The van der Waals surface area contributed by atoms with Crippen molar-refractivity contribution in [2.75, 3.05) is 7.11 Å². The second kappa shape index (κ2) is 9.49. The van der Waals surface area contributed by atoms with Gasteiger partial charge in [-0.3, -0.25) is 9.36 Å². The molecular formula is C23H10BrF5N2O5S. The van der Waals surface area contributed by atoms with E-state index in [1.165, 1.54) is 25.3 Å². The summed E-state index contributed by atoms with van der Waals surface area (Å²) in [7, 11) is -3.78. The Morgan fingerprint density at radius 2 is 1.54 bits per heavy atom. The van der Waals surface area contributed by atoms with E-state index in [9.17, 15) is 40.4 Å². The Bertz CT molecular complexity index is 1790. The van der Waals surface area contributed by atoms with Gasteiger partial charge in [-0.1, -0.05) is 0 Å². The molecule has 0 atom stereocenters. The summed E-state index contributed by atoms with van der Waals surface area (Å²) in [6, 6.07) is 10.1. The second-order valence-electron chi connectivity index (χ2n) is 7.28. The number of methoxy groups -OCH3 is 1. The average Bonchev–Trinajstić information content (AvgIpc) is 2.88. The maximum absolute atomic E-state index is 14.0. The standard InChI is InChI=1S/C23H10BrF5N2O5S/c1-35-16-8-13(24)11(9-30)7-15(16)31-14-4-3-12(6-10(14)2-5-17(31)32)37(33,34)36-23-21(28)19(26)18(25)20(27)22(23)29/h2-8H,1H3. The van der Waals surface area contributed by atoms with Gasteiger partial charge in [-0.2, -0.15) is 22.5 Å². The van der Waals surface area contributed by atoms with E-state index in [0.717, 1.165) is 28.8 Å². The molecule has 1 heterocycles. The Morgan fingerprint density at radius 1 is 0.919 bits per heavy atom. The van der Waals surface area contributed by atoms with Gasteiger partial charge in [0.1, 0.15) is 16.7 Å². The Kier molecular flexibility index (Phi) is 6.70. The van der Waals surface area contributed by atoms with Crippen LogP contribution < -0.4 is 14.5 Å². The van der Waals surface area contributed by atoms with E-state index in [-0.39, 0.29) is 27.9 Å². The summed E-state index contributed by atoms with van der Waals surface area (Å²) < 4.78 is 105. The first kappa shape index (κ1) is 26.1. The number of nitrogens with zero attached hydrogens (tertiary/aromatic N) is 2. The fourth-order valence-electron chi connectivity index (χ4n) is 3.41. The number of hydrogen-bond donors (Lipinski definition) is 0. The fourth-order valence-corrected chi connectivity index (χ4v) is 4.79. The maximum Gasteiger partial charge on any atom is 0.339 e. The molecule has 0 spiro atoms. The minimum absolute atomic E-state index is 0.102. The summed E-state index contributed by atoms with van der Waals surface area (Å²) in [4.78, 5) is 12.0. The molecule has 0 aliphatic carbocycles. The van der Waals surface area contributed by atoms with Gasteiger partial charge < -0.3 is 8.92 Å². The van der Waals surface area contributed by atoms with Gasteiger partial charge in [0, 0.05) is 15.9 Å². The van der Waals surface area contributed by atoms with Gasteiger partial charge >= 0.3 is 10.1 Å². The van der Waals surface area contributed by atoms with Crippen LogP contribution in [-0.2, 0) is 10.1 Å². The third kappa shape index (κ3) is 4.40. The molecule has 0 aliphatic rings. The maximum atomic E-state index is 14.0. The predicted molar refractivity (Wildman–Crippen MR) is 123 cm³/mol. The van der Waals surface area contributed by atoms with Crippen LogP contribution in [0.15, 0.2) is 56.6 Å². The summed E-state index contributed by atoms with van der Waals surface area (Å²) >= 11 is 3.21. The third-order valence-corrected chi connectivity index (χ3v) is 7.02. The number of benzene rings is 3. The Hall–Kier alpha value is -3.96. The van der Waals surface area contributed by atoms with E-state index in [1.54, 1.807) is 0 Å². The molecule has 0 N–H and O–H groups in total. The first-order valence-electron chi connectivity index (χ1n) is 9.81. The Morgan fingerprint density at radius 3 is 2.14 bits per heavy atom. The molecule has 0 saturated heterocycles. The van der Waals surface area contributed by atoms with Crippen LogP contribution >= 0.6 is 15.9 Å². The normalized spacial score (nSPS) is 11.4. The van der Waals surface area contributed by atoms with Crippen LogP contribution in [0.25, 0.3) is 16.6 Å². The van der Waals surface area contributed by atoms with Crippen LogP contribution in [0.4, 0.5) is 22.0 Å². The molecule has 0 bridgehead atoms. The third-order valence-electron chi connectivity index (χ3n) is 5.15. The number of nitriles is 1. The smallest absolute Gasteiger partial charge is 0.339 e. The number of fused-ring (bicyclic) bond motifs is 1. The van der Waals surface area contributed by atoms with E-state index in [2.05, 4.69) is 20.1 Å². The molecule has 4 aromatic rings. The molecular weight excluding hydrogens is 591 g/mol. The van der Waals surface area contributed by atoms with Gasteiger partial charge in [0.15, 0.2) is 0 Å². The number of hydrogen-bond acceptors (Lipinski definition) is 6. The highest BCUT2D eigenvalue weighted by atomic mass is 79.9. The van der Waals surface area contributed by atoms with E-state index >= 15 is 0 Å². The van der Waals surface area contributed by atoms with Gasteiger partial charge in [-0.25, -0.2) is 13.2 Å². The number of aromatic nitrogens is 1. The quantitative estimate of drug-likeness (QED) is 0.137. The van der Waals surface area contributed by atoms with Crippen LogP contribution in [0, 0.1) is 40.4 Å². The van der Waals surface area contributed by atoms with Crippen LogP contribution in [0.2, 0.25) is 0 Å². The van der Waals surface area contributed by atoms with E-state index in [0.29, 0.717) is 4.47 Å². The second-order valence-corrected chi connectivity index (χ2v) is 9.68. The van der Waals surface area contributed by atoms with Crippen molar-refractivity contribution < 1.29 is 39.3 Å². The molecule has 7 nitrogen and oxygen atoms in total. The molecule has 3 aromatic carbocycles. The van der Waals surface area contributed by atoms with Crippen molar-refractivity contribution >= 4 is 37.0 Å². The highest BCUT2D eigenvalue weighted by Crippen LogP contribution is 2.34. The minimum atomic E-state index is -5.11. The summed E-state index contributed by atoms with van der Waals surface area (Å²) in [6.45, 7) is 0. The molecule has 37 heavy (non-hydrogen) atoms. The zero-order valence-corrected chi connectivity index (χ0v) is 20.6. The molecule has 0 radical (unpaired) electrons. The minimum Gasteiger partial charge on any atom is -0.495 e. The largest absolute Gasteiger partial charge is 0.495 e. The van der Waals surface area contributed by atoms with Gasteiger partial charge in [0.2, 0.25) is 34.8 Å². The molecule has 14 heteroatoms. The highest BCUT2D eigenvalue weighted by Gasteiger charge is 2.31.